The Morgan fingerprint density at radius 3 is 1.95 bits per heavy atom. The molecule has 0 saturated heterocycles. The summed E-state index contributed by atoms with van der Waals surface area (Å²) in [7, 11) is 0. The molecule has 2 aromatic rings. The smallest absolute Gasteiger partial charge is 0.115 e. The maximum absolute atomic E-state index is 9.38. The van der Waals surface area contributed by atoms with E-state index < -0.39 is 0 Å². The van der Waals surface area contributed by atoms with Gasteiger partial charge in [-0.3, -0.25) is 0 Å². The normalized spacial score (nSPS) is 12.2. The second kappa shape index (κ2) is 5.75. The first-order valence-corrected chi connectivity index (χ1v) is 6.68. The molecule has 0 heterocycles. The van der Waals surface area contributed by atoms with Gasteiger partial charge in [-0.05, 0) is 54.7 Å². The number of hydrogen-bond donors (Lipinski definition) is 1. The molecular weight excluding hydrogens is 232 g/mol. The third-order valence-corrected chi connectivity index (χ3v) is 3.51. The topological polar surface area (TPSA) is 20.2 Å². The van der Waals surface area contributed by atoms with Crippen LogP contribution in [0.25, 0.3) is 11.1 Å². The number of allylic oxidation sites excluding steroid dienone is 2. The van der Waals surface area contributed by atoms with Crippen molar-refractivity contribution in [3.8, 4) is 5.75 Å². The molecular formula is C18H20O. The van der Waals surface area contributed by atoms with E-state index in [2.05, 4.69) is 45.0 Å². The van der Waals surface area contributed by atoms with Gasteiger partial charge in [0.25, 0.3) is 0 Å². The van der Waals surface area contributed by atoms with Crippen LogP contribution >= 0.6 is 0 Å². The third kappa shape index (κ3) is 3.05. The highest BCUT2D eigenvalue weighted by Crippen LogP contribution is 2.29. The number of aromatic hydroxyl groups is 1. The molecule has 0 aliphatic rings. The van der Waals surface area contributed by atoms with Crippen molar-refractivity contribution in [2.45, 2.75) is 27.2 Å². The Labute approximate surface area is 115 Å². The first-order chi connectivity index (χ1) is 9.11. The van der Waals surface area contributed by atoms with Crippen molar-refractivity contribution in [3.05, 3.63) is 65.2 Å². The molecule has 0 aromatic heterocycles. The van der Waals surface area contributed by atoms with Crippen molar-refractivity contribution >= 4 is 11.1 Å². The van der Waals surface area contributed by atoms with Gasteiger partial charge >= 0.3 is 0 Å². The summed E-state index contributed by atoms with van der Waals surface area (Å²) in [6.07, 6.45) is 0.977. The van der Waals surface area contributed by atoms with Crippen LogP contribution in [-0.2, 0) is 0 Å². The Morgan fingerprint density at radius 2 is 1.42 bits per heavy atom. The summed E-state index contributed by atoms with van der Waals surface area (Å²) < 4.78 is 0. The lowest BCUT2D eigenvalue weighted by molar-refractivity contribution is 0.475. The number of benzene rings is 2. The highest BCUT2D eigenvalue weighted by Gasteiger charge is 2.06. The molecule has 0 saturated carbocycles. The molecule has 0 amide bonds. The van der Waals surface area contributed by atoms with Crippen LogP contribution in [0.5, 0.6) is 5.75 Å². The van der Waals surface area contributed by atoms with E-state index in [9.17, 15) is 5.11 Å². The highest BCUT2D eigenvalue weighted by atomic mass is 16.3. The second-order valence-corrected chi connectivity index (χ2v) is 4.87. The van der Waals surface area contributed by atoms with E-state index in [-0.39, 0.29) is 0 Å². The quantitative estimate of drug-likeness (QED) is 0.759. The van der Waals surface area contributed by atoms with Crippen molar-refractivity contribution in [3.63, 3.8) is 0 Å². The number of phenolic OH excluding ortho intramolecular Hbond substituents is 1. The zero-order valence-corrected chi connectivity index (χ0v) is 11.8. The summed E-state index contributed by atoms with van der Waals surface area (Å²) in [5.41, 5.74) is 6.34. The van der Waals surface area contributed by atoms with Gasteiger partial charge in [-0.25, -0.2) is 0 Å². The summed E-state index contributed by atoms with van der Waals surface area (Å²) in [5.74, 6) is 0.312. The van der Waals surface area contributed by atoms with E-state index in [0.29, 0.717) is 5.75 Å². The lowest BCUT2D eigenvalue weighted by Crippen LogP contribution is -1.89. The first kappa shape index (κ1) is 13.4. The minimum Gasteiger partial charge on any atom is -0.508 e. The molecule has 0 aliphatic carbocycles. The largest absolute Gasteiger partial charge is 0.508 e. The summed E-state index contributed by atoms with van der Waals surface area (Å²) in [6, 6.07) is 16.1. The summed E-state index contributed by atoms with van der Waals surface area (Å²) in [6.45, 7) is 6.43. The summed E-state index contributed by atoms with van der Waals surface area (Å²) in [4.78, 5) is 0. The summed E-state index contributed by atoms with van der Waals surface area (Å²) in [5, 5.41) is 9.38. The minimum atomic E-state index is 0.312. The molecule has 0 unspecified atom stereocenters. The van der Waals surface area contributed by atoms with Crippen molar-refractivity contribution in [1.29, 1.82) is 0 Å². The zero-order chi connectivity index (χ0) is 13.8. The summed E-state index contributed by atoms with van der Waals surface area (Å²) >= 11 is 0. The van der Waals surface area contributed by atoms with Gasteiger partial charge in [0.2, 0.25) is 0 Å². The van der Waals surface area contributed by atoms with Crippen LogP contribution in [0.1, 0.15) is 37.0 Å². The van der Waals surface area contributed by atoms with E-state index in [1.54, 1.807) is 12.1 Å². The van der Waals surface area contributed by atoms with Gasteiger partial charge < -0.3 is 5.11 Å². The SMILES string of the molecule is CC/C(=C(/C)c1ccc(C)cc1)c1ccc(O)cc1. The molecule has 0 bridgehead atoms. The molecule has 0 atom stereocenters. The number of aryl methyl sites for hydroxylation is 1. The number of rotatable bonds is 3. The average Bonchev–Trinajstić information content (AvgIpc) is 2.42. The molecule has 0 radical (unpaired) electrons. The standard InChI is InChI=1S/C18H20O/c1-4-18(16-9-11-17(19)12-10-16)14(3)15-7-5-13(2)6-8-15/h5-12,19H,4H2,1-3H3/b18-14+. The Hall–Kier alpha value is -2.02. The molecule has 0 fully saturated rings. The van der Waals surface area contributed by atoms with Gasteiger partial charge in [-0.2, -0.15) is 0 Å². The van der Waals surface area contributed by atoms with Crippen LogP contribution in [0.15, 0.2) is 48.5 Å². The van der Waals surface area contributed by atoms with Crippen LogP contribution in [0.3, 0.4) is 0 Å². The van der Waals surface area contributed by atoms with Crippen LogP contribution in [0.4, 0.5) is 0 Å². The monoisotopic (exact) mass is 252 g/mol. The Bertz CT molecular complexity index is 574. The predicted octanol–water partition coefficient (Wildman–Crippen LogP) is 5.04. The van der Waals surface area contributed by atoms with Gasteiger partial charge in [0.05, 0.1) is 0 Å². The van der Waals surface area contributed by atoms with Crippen molar-refractivity contribution in [2.24, 2.45) is 0 Å². The molecule has 0 spiro atoms. The fourth-order valence-electron chi connectivity index (χ4n) is 2.33. The highest BCUT2D eigenvalue weighted by molar-refractivity contribution is 5.89. The molecule has 1 nitrogen and oxygen atoms in total. The van der Waals surface area contributed by atoms with Crippen LogP contribution in [0, 0.1) is 6.92 Å². The van der Waals surface area contributed by atoms with E-state index in [0.717, 1.165) is 6.42 Å². The van der Waals surface area contributed by atoms with E-state index in [4.69, 9.17) is 0 Å². The van der Waals surface area contributed by atoms with Crippen LogP contribution in [-0.4, -0.2) is 5.11 Å². The zero-order valence-electron chi connectivity index (χ0n) is 11.8. The van der Waals surface area contributed by atoms with Crippen LogP contribution in [0.2, 0.25) is 0 Å². The van der Waals surface area contributed by atoms with Gasteiger partial charge in [0, 0.05) is 0 Å². The molecule has 19 heavy (non-hydrogen) atoms. The fraction of sp³-hybridized carbons (Fsp3) is 0.222. The third-order valence-electron chi connectivity index (χ3n) is 3.51. The van der Waals surface area contributed by atoms with E-state index in [1.165, 1.54) is 27.8 Å². The lowest BCUT2D eigenvalue weighted by atomic mass is 9.93. The Balaban J connectivity index is 2.46. The van der Waals surface area contributed by atoms with E-state index in [1.807, 2.05) is 12.1 Å². The Morgan fingerprint density at radius 1 is 0.895 bits per heavy atom. The molecule has 2 rings (SSSR count). The van der Waals surface area contributed by atoms with Gasteiger partial charge in [0.1, 0.15) is 5.75 Å². The number of hydrogen-bond acceptors (Lipinski definition) is 1. The molecule has 2 aromatic carbocycles. The molecule has 1 heteroatoms. The predicted molar refractivity (Wildman–Crippen MR) is 82.1 cm³/mol. The lowest BCUT2D eigenvalue weighted by Gasteiger charge is -2.12. The minimum absolute atomic E-state index is 0.312. The average molecular weight is 252 g/mol. The van der Waals surface area contributed by atoms with Crippen LogP contribution < -0.4 is 0 Å². The van der Waals surface area contributed by atoms with Gasteiger partial charge in [-0.1, -0.05) is 48.9 Å². The maximum Gasteiger partial charge on any atom is 0.115 e. The van der Waals surface area contributed by atoms with Crippen molar-refractivity contribution < 1.29 is 5.11 Å². The van der Waals surface area contributed by atoms with Gasteiger partial charge in [-0.15, -0.1) is 0 Å². The van der Waals surface area contributed by atoms with E-state index >= 15 is 0 Å². The van der Waals surface area contributed by atoms with Crippen molar-refractivity contribution in [2.75, 3.05) is 0 Å². The second-order valence-electron chi connectivity index (χ2n) is 4.87. The maximum atomic E-state index is 9.38. The molecule has 0 aliphatic heterocycles. The molecule has 98 valence electrons. The molecule has 1 N–H and O–H groups in total. The fourth-order valence-corrected chi connectivity index (χ4v) is 2.33. The van der Waals surface area contributed by atoms with Gasteiger partial charge in [0.15, 0.2) is 0 Å². The Kier molecular flexibility index (Phi) is 4.06. The first-order valence-electron chi connectivity index (χ1n) is 6.68. The number of phenols is 1. The van der Waals surface area contributed by atoms with Crippen molar-refractivity contribution in [1.82, 2.24) is 0 Å².